The highest BCUT2D eigenvalue weighted by atomic mass is 32.2. The lowest BCUT2D eigenvalue weighted by molar-refractivity contribution is -0.146. The summed E-state index contributed by atoms with van der Waals surface area (Å²) in [5.41, 5.74) is 2.89. The molecule has 1 fully saturated rings. The van der Waals surface area contributed by atoms with E-state index in [1.165, 1.54) is 11.8 Å². The third kappa shape index (κ3) is 4.86. The zero-order valence-corrected chi connectivity index (χ0v) is 17.4. The van der Waals surface area contributed by atoms with Crippen molar-refractivity contribution in [1.29, 1.82) is 0 Å². The smallest absolute Gasteiger partial charge is 0.307 e. The number of benzene rings is 3. The fraction of sp³-hybridized carbons (Fsp3) is 0.167. The maximum absolute atomic E-state index is 12.9. The van der Waals surface area contributed by atoms with Crippen LogP contribution in [0.3, 0.4) is 0 Å². The fourth-order valence-electron chi connectivity index (χ4n) is 3.54. The Morgan fingerprint density at radius 3 is 1.97 bits per heavy atom. The number of carbonyl (C=O) groups excluding carboxylic acids is 1. The van der Waals surface area contributed by atoms with Crippen molar-refractivity contribution in [2.45, 2.75) is 23.8 Å². The molecule has 1 aliphatic heterocycles. The van der Waals surface area contributed by atoms with Gasteiger partial charge in [0.05, 0.1) is 12.5 Å². The second-order valence-corrected chi connectivity index (χ2v) is 8.65. The van der Waals surface area contributed by atoms with Gasteiger partial charge in [0.1, 0.15) is 4.32 Å². The van der Waals surface area contributed by atoms with Gasteiger partial charge in [0.15, 0.2) is 5.44 Å². The van der Waals surface area contributed by atoms with Crippen LogP contribution in [0.4, 0.5) is 0 Å². The van der Waals surface area contributed by atoms with E-state index in [1.807, 2.05) is 66.7 Å². The Morgan fingerprint density at radius 1 is 0.897 bits per heavy atom. The molecule has 0 saturated carbocycles. The lowest BCUT2D eigenvalue weighted by atomic mass is 9.88. The second-order valence-electron chi connectivity index (χ2n) is 6.87. The number of thiocarbonyl (C=S) groups is 1. The predicted octanol–water partition coefficient (Wildman–Crippen LogP) is 5.44. The first kappa shape index (κ1) is 19.7. The highest BCUT2D eigenvalue weighted by molar-refractivity contribution is 8.23. The lowest BCUT2D eigenvalue weighted by Crippen LogP contribution is -2.26. The van der Waals surface area contributed by atoms with E-state index in [4.69, 9.17) is 17.0 Å². The summed E-state index contributed by atoms with van der Waals surface area (Å²) in [6, 6.07) is 30.0. The molecule has 0 aliphatic carbocycles. The van der Waals surface area contributed by atoms with Crippen LogP contribution in [-0.4, -0.2) is 15.7 Å². The van der Waals surface area contributed by atoms with Crippen molar-refractivity contribution in [2.75, 3.05) is 0 Å². The maximum atomic E-state index is 12.9. The summed E-state index contributed by atoms with van der Waals surface area (Å²) in [6.07, 6.45) is 0.277. The monoisotopic (exact) mass is 419 g/mol. The molecular formula is C24H21NO2S2. The standard InChI is InChI=1S/C24H21NO2S2/c26-21(27-23-22(25-24(28)29-23)19-14-8-3-9-15-19)16-20(17-10-4-1-5-11-17)18-12-6-2-7-13-18/h1-15,20,22-23H,16H2,(H,25,28). The zero-order valence-electron chi connectivity index (χ0n) is 15.7. The zero-order chi connectivity index (χ0) is 20.1. The number of hydrogen-bond acceptors (Lipinski definition) is 4. The number of nitrogens with one attached hydrogen (secondary N) is 1. The summed E-state index contributed by atoms with van der Waals surface area (Å²) < 4.78 is 6.55. The number of ether oxygens (including phenoxy) is 1. The predicted molar refractivity (Wildman–Crippen MR) is 122 cm³/mol. The molecule has 0 radical (unpaired) electrons. The van der Waals surface area contributed by atoms with Gasteiger partial charge in [0.2, 0.25) is 0 Å². The molecule has 3 aromatic carbocycles. The third-order valence-corrected chi connectivity index (χ3v) is 6.29. The van der Waals surface area contributed by atoms with Gasteiger partial charge >= 0.3 is 5.97 Å². The summed E-state index contributed by atoms with van der Waals surface area (Å²) in [5.74, 6) is -0.279. The van der Waals surface area contributed by atoms with E-state index in [0.29, 0.717) is 4.32 Å². The number of esters is 1. The van der Waals surface area contributed by atoms with E-state index in [0.717, 1.165) is 16.7 Å². The van der Waals surface area contributed by atoms with Crippen LogP contribution in [0.25, 0.3) is 0 Å². The van der Waals surface area contributed by atoms with E-state index in [-0.39, 0.29) is 29.8 Å². The van der Waals surface area contributed by atoms with Crippen LogP contribution in [0.1, 0.15) is 35.1 Å². The Balaban J connectivity index is 1.51. The van der Waals surface area contributed by atoms with Crippen molar-refractivity contribution < 1.29 is 9.53 Å². The van der Waals surface area contributed by atoms with Crippen LogP contribution in [0.15, 0.2) is 91.0 Å². The quantitative estimate of drug-likeness (QED) is 0.425. The molecule has 5 heteroatoms. The van der Waals surface area contributed by atoms with Crippen LogP contribution in [0.2, 0.25) is 0 Å². The van der Waals surface area contributed by atoms with Gasteiger partial charge in [-0.25, -0.2) is 0 Å². The second kappa shape index (κ2) is 9.25. The highest BCUT2D eigenvalue weighted by Gasteiger charge is 2.35. The molecule has 146 valence electrons. The number of thioether (sulfide) groups is 1. The number of rotatable bonds is 6. The van der Waals surface area contributed by atoms with Gasteiger partial charge in [0, 0.05) is 5.92 Å². The van der Waals surface area contributed by atoms with Gasteiger partial charge < -0.3 is 10.1 Å². The number of hydrogen-bond donors (Lipinski definition) is 1. The Labute approximate surface area is 180 Å². The minimum Gasteiger partial charge on any atom is -0.448 e. The van der Waals surface area contributed by atoms with Crippen LogP contribution in [0, 0.1) is 0 Å². The average molecular weight is 420 g/mol. The maximum Gasteiger partial charge on any atom is 0.307 e. The van der Waals surface area contributed by atoms with Crippen molar-refractivity contribution in [3.05, 3.63) is 108 Å². The summed E-state index contributed by atoms with van der Waals surface area (Å²) in [6.45, 7) is 0. The highest BCUT2D eigenvalue weighted by Crippen LogP contribution is 2.36. The lowest BCUT2D eigenvalue weighted by Gasteiger charge is -2.21. The summed E-state index contributed by atoms with van der Waals surface area (Å²) in [7, 11) is 0. The molecule has 0 aromatic heterocycles. The molecule has 2 unspecified atom stereocenters. The van der Waals surface area contributed by atoms with E-state index < -0.39 is 0 Å². The first-order valence-electron chi connectivity index (χ1n) is 9.52. The Morgan fingerprint density at radius 2 is 1.41 bits per heavy atom. The Kier molecular flexibility index (Phi) is 6.27. The Hall–Kier alpha value is -2.63. The molecule has 0 bridgehead atoms. The van der Waals surface area contributed by atoms with Crippen molar-refractivity contribution in [1.82, 2.24) is 5.32 Å². The van der Waals surface area contributed by atoms with Gasteiger partial charge in [-0.1, -0.05) is 103 Å². The van der Waals surface area contributed by atoms with Gasteiger partial charge in [-0.05, 0) is 28.5 Å². The third-order valence-electron chi connectivity index (χ3n) is 4.95. The normalized spacial score (nSPS) is 18.4. The molecule has 1 saturated heterocycles. The summed E-state index contributed by atoms with van der Waals surface area (Å²) in [4.78, 5) is 12.9. The minimum atomic E-state index is -0.371. The summed E-state index contributed by atoms with van der Waals surface area (Å²) >= 11 is 6.72. The van der Waals surface area contributed by atoms with E-state index in [9.17, 15) is 4.79 Å². The van der Waals surface area contributed by atoms with E-state index in [1.54, 1.807) is 0 Å². The van der Waals surface area contributed by atoms with Crippen molar-refractivity contribution in [2.24, 2.45) is 0 Å². The molecular weight excluding hydrogens is 398 g/mol. The van der Waals surface area contributed by atoms with Gasteiger partial charge in [-0.2, -0.15) is 0 Å². The van der Waals surface area contributed by atoms with Crippen LogP contribution in [-0.2, 0) is 9.53 Å². The van der Waals surface area contributed by atoms with Gasteiger partial charge in [-0.15, -0.1) is 0 Å². The summed E-state index contributed by atoms with van der Waals surface area (Å²) in [5, 5.41) is 3.26. The molecule has 1 N–H and O–H groups in total. The molecule has 2 atom stereocenters. The molecule has 0 spiro atoms. The molecule has 29 heavy (non-hydrogen) atoms. The van der Waals surface area contributed by atoms with Crippen molar-refractivity contribution >= 4 is 34.3 Å². The molecule has 1 heterocycles. The van der Waals surface area contributed by atoms with Crippen molar-refractivity contribution in [3.63, 3.8) is 0 Å². The Bertz CT molecular complexity index is 924. The van der Waals surface area contributed by atoms with Gasteiger partial charge in [-0.3, -0.25) is 4.79 Å². The molecule has 4 rings (SSSR count). The van der Waals surface area contributed by atoms with Crippen LogP contribution >= 0.6 is 24.0 Å². The largest absolute Gasteiger partial charge is 0.448 e. The minimum absolute atomic E-state index is 0.0496. The topological polar surface area (TPSA) is 38.3 Å². The molecule has 3 aromatic rings. The number of carbonyl (C=O) groups is 1. The van der Waals surface area contributed by atoms with Crippen molar-refractivity contribution in [3.8, 4) is 0 Å². The fourth-order valence-corrected chi connectivity index (χ4v) is 4.87. The first-order chi connectivity index (χ1) is 14.2. The SMILES string of the molecule is O=C(CC(c1ccccc1)c1ccccc1)OC1SC(=S)NC1c1ccccc1. The molecule has 0 amide bonds. The van der Waals surface area contributed by atoms with Crippen LogP contribution in [0.5, 0.6) is 0 Å². The molecule has 1 aliphatic rings. The van der Waals surface area contributed by atoms with E-state index >= 15 is 0 Å². The van der Waals surface area contributed by atoms with Crippen LogP contribution < -0.4 is 5.32 Å². The van der Waals surface area contributed by atoms with E-state index in [2.05, 4.69) is 29.6 Å². The van der Waals surface area contributed by atoms with Gasteiger partial charge in [0.25, 0.3) is 0 Å². The average Bonchev–Trinajstić information content (AvgIpc) is 3.14. The molecule has 3 nitrogen and oxygen atoms in total. The first-order valence-corrected chi connectivity index (χ1v) is 10.8.